The van der Waals surface area contributed by atoms with Crippen molar-refractivity contribution in [2.45, 2.75) is 19.4 Å². The zero-order chi connectivity index (χ0) is 13.0. The Balaban J connectivity index is 1.91. The Morgan fingerprint density at radius 3 is 2.78 bits per heavy atom. The van der Waals surface area contributed by atoms with E-state index < -0.39 is 0 Å². The van der Waals surface area contributed by atoms with E-state index in [1.165, 1.54) is 6.20 Å². The molecule has 1 atom stereocenters. The lowest BCUT2D eigenvalue weighted by Crippen LogP contribution is -2.51. The number of carbonyl (C=O) groups excluding carboxylic acids is 1. The molecule has 96 valence electrons. The SMILES string of the molecule is CCC(C#N)N1CCN(C(=O)c2cnns2)CC1. The van der Waals surface area contributed by atoms with Gasteiger partial charge in [0.25, 0.3) is 5.91 Å². The lowest BCUT2D eigenvalue weighted by Gasteiger charge is -2.36. The zero-order valence-corrected chi connectivity index (χ0v) is 11.1. The molecule has 1 aromatic rings. The van der Waals surface area contributed by atoms with E-state index in [2.05, 4.69) is 20.6 Å². The summed E-state index contributed by atoms with van der Waals surface area (Å²) in [5, 5.41) is 12.7. The average Bonchev–Trinajstić information content (AvgIpc) is 2.94. The van der Waals surface area contributed by atoms with Crippen LogP contribution < -0.4 is 0 Å². The molecule has 1 fully saturated rings. The minimum atomic E-state index is -0.0349. The largest absolute Gasteiger partial charge is 0.335 e. The van der Waals surface area contributed by atoms with Gasteiger partial charge < -0.3 is 4.90 Å². The highest BCUT2D eigenvalue weighted by molar-refractivity contribution is 7.07. The number of nitriles is 1. The molecular weight excluding hydrogens is 250 g/mol. The number of hydrogen-bond donors (Lipinski definition) is 0. The van der Waals surface area contributed by atoms with Gasteiger partial charge in [-0.2, -0.15) is 5.26 Å². The molecule has 1 aliphatic rings. The first-order valence-corrected chi connectivity index (χ1v) is 6.74. The third-order valence-electron chi connectivity index (χ3n) is 3.15. The van der Waals surface area contributed by atoms with Gasteiger partial charge in [-0.05, 0) is 18.0 Å². The zero-order valence-electron chi connectivity index (χ0n) is 10.2. The first-order valence-electron chi connectivity index (χ1n) is 5.96. The molecule has 7 heteroatoms. The van der Waals surface area contributed by atoms with Crippen molar-refractivity contribution < 1.29 is 4.79 Å². The number of aromatic nitrogens is 2. The van der Waals surface area contributed by atoms with Crippen LogP contribution in [0.4, 0.5) is 0 Å². The van der Waals surface area contributed by atoms with Crippen LogP contribution in [0.2, 0.25) is 0 Å². The number of piperazine rings is 1. The molecule has 2 rings (SSSR count). The molecule has 1 saturated heterocycles. The van der Waals surface area contributed by atoms with Crippen LogP contribution in [0.5, 0.6) is 0 Å². The summed E-state index contributed by atoms with van der Waals surface area (Å²) in [5.41, 5.74) is 0. The van der Waals surface area contributed by atoms with Gasteiger partial charge in [0.15, 0.2) is 0 Å². The van der Waals surface area contributed by atoms with Crippen molar-refractivity contribution in [1.29, 1.82) is 5.26 Å². The topological polar surface area (TPSA) is 73.1 Å². The minimum absolute atomic E-state index is 0.00495. The standard InChI is InChI=1S/C11H15N5OS/c1-2-9(7-12)15-3-5-16(6-4-15)11(17)10-8-13-14-18-10/h8-9H,2-6H2,1H3. The molecule has 0 N–H and O–H groups in total. The van der Waals surface area contributed by atoms with Gasteiger partial charge in [-0.1, -0.05) is 11.4 Å². The van der Waals surface area contributed by atoms with Gasteiger partial charge >= 0.3 is 0 Å². The monoisotopic (exact) mass is 265 g/mol. The molecule has 6 nitrogen and oxygen atoms in total. The molecular formula is C11H15N5OS. The van der Waals surface area contributed by atoms with E-state index in [1.807, 2.05) is 6.92 Å². The summed E-state index contributed by atoms with van der Waals surface area (Å²) in [6, 6.07) is 2.26. The highest BCUT2D eigenvalue weighted by Crippen LogP contribution is 2.13. The first kappa shape index (κ1) is 12.9. The molecule has 2 heterocycles. The lowest BCUT2D eigenvalue weighted by atomic mass is 10.2. The molecule has 0 radical (unpaired) electrons. The molecule has 0 aromatic carbocycles. The number of carbonyl (C=O) groups is 1. The van der Waals surface area contributed by atoms with Crippen molar-refractivity contribution in [3.63, 3.8) is 0 Å². The second-order valence-electron chi connectivity index (χ2n) is 4.16. The van der Waals surface area contributed by atoms with Crippen LogP contribution in [0.15, 0.2) is 6.20 Å². The van der Waals surface area contributed by atoms with Crippen molar-refractivity contribution >= 4 is 17.4 Å². The molecule has 1 unspecified atom stereocenters. The highest BCUT2D eigenvalue weighted by atomic mass is 32.1. The van der Waals surface area contributed by atoms with Crippen molar-refractivity contribution in [2.24, 2.45) is 0 Å². The van der Waals surface area contributed by atoms with E-state index in [9.17, 15) is 4.79 Å². The summed E-state index contributed by atoms with van der Waals surface area (Å²) in [4.78, 5) is 16.6. The van der Waals surface area contributed by atoms with Gasteiger partial charge in [0, 0.05) is 26.2 Å². The molecule has 1 aromatic heterocycles. The summed E-state index contributed by atoms with van der Waals surface area (Å²) in [6.45, 7) is 4.84. The fourth-order valence-corrected chi connectivity index (χ4v) is 2.57. The number of hydrogen-bond acceptors (Lipinski definition) is 6. The second kappa shape index (κ2) is 5.89. The maximum absolute atomic E-state index is 12.0. The highest BCUT2D eigenvalue weighted by Gasteiger charge is 2.26. The van der Waals surface area contributed by atoms with Gasteiger partial charge in [-0.3, -0.25) is 9.69 Å². The lowest BCUT2D eigenvalue weighted by molar-refractivity contribution is 0.0609. The average molecular weight is 265 g/mol. The summed E-state index contributed by atoms with van der Waals surface area (Å²) in [5.74, 6) is -0.00495. The van der Waals surface area contributed by atoms with E-state index in [1.54, 1.807) is 4.90 Å². The van der Waals surface area contributed by atoms with Crippen LogP contribution >= 0.6 is 11.5 Å². The molecule has 0 aliphatic carbocycles. The molecule has 0 bridgehead atoms. The fraction of sp³-hybridized carbons (Fsp3) is 0.636. The van der Waals surface area contributed by atoms with Crippen molar-refractivity contribution in [3.05, 3.63) is 11.1 Å². The first-order chi connectivity index (χ1) is 8.76. The van der Waals surface area contributed by atoms with Gasteiger partial charge in [0.1, 0.15) is 4.88 Å². The van der Waals surface area contributed by atoms with Gasteiger partial charge in [-0.15, -0.1) is 5.10 Å². The Morgan fingerprint density at radius 2 is 2.28 bits per heavy atom. The van der Waals surface area contributed by atoms with E-state index in [4.69, 9.17) is 5.26 Å². The molecule has 1 aliphatic heterocycles. The van der Waals surface area contributed by atoms with Crippen molar-refractivity contribution in [3.8, 4) is 6.07 Å². The van der Waals surface area contributed by atoms with Crippen LogP contribution in [0, 0.1) is 11.3 Å². The van der Waals surface area contributed by atoms with Crippen LogP contribution in [-0.2, 0) is 0 Å². The molecule has 1 amide bonds. The smallest absolute Gasteiger partial charge is 0.267 e. The van der Waals surface area contributed by atoms with Crippen LogP contribution in [0.3, 0.4) is 0 Å². The van der Waals surface area contributed by atoms with Crippen molar-refractivity contribution in [1.82, 2.24) is 19.4 Å². The molecule has 0 spiro atoms. The fourth-order valence-electron chi connectivity index (χ4n) is 2.09. The third kappa shape index (κ3) is 2.66. The normalized spacial score (nSPS) is 18.3. The van der Waals surface area contributed by atoms with Crippen molar-refractivity contribution in [2.75, 3.05) is 26.2 Å². The Labute approximate surface area is 110 Å². The number of amides is 1. The maximum Gasteiger partial charge on any atom is 0.267 e. The minimum Gasteiger partial charge on any atom is -0.335 e. The van der Waals surface area contributed by atoms with Crippen LogP contribution in [0.1, 0.15) is 23.0 Å². The predicted octanol–water partition coefficient (Wildman–Crippen LogP) is 0.598. The second-order valence-corrected chi connectivity index (χ2v) is 4.95. The Hall–Kier alpha value is -1.52. The van der Waals surface area contributed by atoms with Gasteiger partial charge in [0.2, 0.25) is 0 Å². The van der Waals surface area contributed by atoms with Crippen LogP contribution in [0.25, 0.3) is 0 Å². The summed E-state index contributed by atoms with van der Waals surface area (Å²) in [7, 11) is 0. The van der Waals surface area contributed by atoms with Gasteiger partial charge in [0.05, 0.1) is 18.3 Å². The number of rotatable bonds is 3. The van der Waals surface area contributed by atoms with E-state index in [0.29, 0.717) is 18.0 Å². The Kier molecular flexibility index (Phi) is 4.23. The molecule has 0 saturated carbocycles. The predicted molar refractivity (Wildman–Crippen MR) is 67.1 cm³/mol. The third-order valence-corrected chi connectivity index (χ3v) is 3.80. The van der Waals surface area contributed by atoms with Crippen LogP contribution in [-0.4, -0.2) is 57.5 Å². The quantitative estimate of drug-likeness (QED) is 0.800. The summed E-state index contributed by atoms with van der Waals surface area (Å²) in [6.07, 6.45) is 2.33. The summed E-state index contributed by atoms with van der Waals surface area (Å²) < 4.78 is 3.70. The van der Waals surface area contributed by atoms with E-state index in [0.717, 1.165) is 31.0 Å². The molecule has 18 heavy (non-hydrogen) atoms. The Morgan fingerprint density at radius 1 is 1.56 bits per heavy atom. The summed E-state index contributed by atoms with van der Waals surface area (Å²) >= 11 is 1.12. The van der Waals surface area contributed by atoms with E-state index in [-0.39, 0.29) is 11.9 Å². The Bertz CT molecular complexity index is 433. The van der Waals surface area contributed by atoms with E-state index >= 15 is 0 Å². The maximum atomic E-state index is 12.0. The number of nitrogens with zero attached hydrogens (tertiary/aromatic N) is 5. The van der Waals surface area contributed by atoms with Gasteiger partial charge in [-0.25, -0.2) is 0 Å².